The van der Waals surface area contributed by atoms with Crippen molar-refractivity contribution in [2.75, 3.05) is 18.9 Å². The van der Waals surface area contributed by atoms with Crippen LogP contribution >= 0.6 is 23.2 Å². The van der Waals surface area contributed by atoms with Crippen molar-refractivity contribution >= 4 is 35.0 Å². The Hall–Kier alpha value is -2.59. The molecule has 5 rings (SSSR count). The predicted octanol–water partition coefficient (Wildman–Crippen LogP) is 1.91. The number of aromatic nitrogens is 3. The van der Waals surface area contributed by atoms with Gasteiger partial charge in [0.05, 0.1) is 41.1 Å². The normalized spacial score (nSPS) is 20.1. The Bertz CT molecular complexity index is 1210. The number of nitrogens with zero attached hydrogens (tertiary/aromatic N) is 4. The van der Waals surface area contributed by atoms with Crippen LogP contribution in [-0.2, 0) is 25.9 Å². The maximum atomic E-state index is 13.1. The van der Waals surface area contributed by atoms with Crippen molar-refractivity contribution in [3.63, 3.8) is 0 Å². The van der Waals surface area contributed by atoms with E-state index in [-0.39, 0.29) is 24.8 Å². The molecule has 1 amide bonds. The number of amides is 1. The zero-order chi connectivity index (χ0) is 21.9. The fourth-order valence-corrected chi connectivity index (χ4v) is 4.54. The van der Waals surface area contributed by atoms with Crippen LogP contribution < -0.4 is 5.73 Å². The van der Waals surface area contributed by atoms with Crippen LogP contribution in [0.2, 0.25) is 10.0 Å². The molecule has 0 saturated heterocycles. The van der Waals surface area contributed by atoms with E-state index in [4.69, 9.17) is 33.5 Å². The molecule has 9 nitrogen and oxygen atoms in total. The largest absolute Gasteiger partial charge is 0.393 e. The van der Waals surface area contributed by atoms with Crippen molar-refractivity contribution in [2.24, 2.45) is 0 Å². The molecule has 162 valence electrons. The first-order valence-electron chi connectivity index (χ1n) is 9.70. The first-order chi connectivity index (χ1) is 14.8. The highest BCUT2D eigenvalue weighted by molar-refractivity contribution is 6.42. The second-order valence-corrected chi connectivity index (χ2v) is 8.78. The Morgan fingerprint density at radius 3 is 2.84 bits per heavy atom. The second-order valence-electron chi connectivity index (χ2n) is 7.97. The molecule has 1 unspecified atom stereocenters. The summed E-state index contributed by atoms with van der Waals surface area (Å²) in [5.74, 6) is -0.0886. The number of nitrogen functional groups attached to an aromatic ring is 1. The van der Waals surface area contributed by atoms with E-state index in [0.717, 1.165) is 11.3 Å². The van der Waals surface area contributed by atoms with E-state index in [2.05, 4.69) is 10.3 Å². The molecule has 0 fully saturated rings. The van der Waals surface area contributed by atoms with Crippen LogP contribution in [0.3, 0.4) is 0 Å². The molecule has 11 heteroatoms. The fraction of sp³-hybridized carbons (Fsp3) is 0.350. The maximum absolute atomic E-state index is 13.1. The molecule has 0 radical (unpaired) electrons. The van der Waals surface area contributed by atoms with E-state index in [9.17, 15) is 15.0 Å². The van der Waals surface area contributed by atoms with Gasteiger partial charge in [-0.15, -0.1) is 0 Å². The Kier molecular flexibility index (Phi) is 4.74. The quantitative estimate of drug-likeness (QED) is 0.528. The second kappa shape index (κ2) is 7.23. The van der Waals surface area contributed by atoms with Gasteiger partial charge in [-0.25, -0.2) is 0 Å². The summed E-state index contributed by atoms with van der Waals surface area (Å²) in [4.78, 5) is 14.8. The van der Waals surface area contributed by atoms with Gasteiger partial charge in [-0.1, -0.05) is 28.4 Å². The van der Waals surface area contributed by atoms with Crippen molar-refractivity contribution in [3.05, 3.63) is 50.6 Å². The topological polar surface area (TPSA) is 131 Å². The minimum absolute atomic E-state index is 0.0718. The third kappa shape index (κ3) is 3.28. The number of aliphatic hydroxyl groups is 2. The van der Waals surface area contributed by atoms with Gasteiger partial charge in [0.25, 0.3) is 5.91 Å². The average molecular weight is 464 g/mol. The summed E-state index contributed by atoms with van der Waals surface area (Å²) < 4.78 is 6.81. The van der Waals surface area contributed by atoms with E-state index >= 15 is 0 Å². The number of rotatable bonds is 2. The summed E-state index contributed by atoms with van der Waals surface area (Å²) in [6.45, 7) is 0.374. The third-order valence-electron chi connectivity index (χ3n) is 5.84. The van der Waals surface area contributed by atoms with Gasteiger partial charge in [0.15, 0.2) is 0 Å². The first kappa shape index (κ1) is 20.3. The molecule has 0 aliphatic carbocycles. The number of carbonyl (C=O) groups excluding carboxylic acids is 1. The van der Waals surface area contributed by atoms with Crippen molar-refractivity contribution in [1.29, 1.82) is 0 Å². The molecule has 3 aromatic rings. The molecule has 2 aliphatic rings. The van der Waals surface area contributed by atoms with Crippen LogP contribution in [0.1, 0.15) is 27.2 Å². The lowest BCUT2D eigenvalue weighted by Gasteiger charge is -2.27. The van der Waals surface area contributed by atoms with Gasteiger partial charge in [-0.2, -0.15) is 5.10 Å². The van der Waals surface area contributed by atoms with Crippen molar-refractivity contribution in [1.82, 2.24) is 19.8 Å². The molecule has 0 bridgehead atoms. The highest BCUT2D eigenvalue weighted by atomic mass is 35.5. The van der Waals surface area contributed by atoms with Crippen LogP contribution in [-0.4, -0.2) is 54.7 Å². The number of hydrogen-bond acceptors (Lipinski definition) is 7. The van der Waals surface area contributed by atoms with Crippen LogP contribution in [0, 0.1) is 0 Å². The van der Waals surface area contributed by atoms with E-state index in [1.807, 2.05) is 0 Å². The predicted molar refractivity (Wildman–Crippen MR) is 113 cm³/mol. The van der Waals surface area contributed by atoms with Crippen molar-refractivity contribution in [3.8, 4) is 11.4 Å². The number of aliphatic hydroxyl groups excluding tert-OH is 1. The van der Waals surface area contributed by atoms with E-state index in [1.165, 1.54) is 0 Å². The molecular formula is C20H19Cl2N5O4. The number of anilines is 1. The van der Waals surface area contributed by atoms with Crippen LogP contribution in [0.25, 0.3) is 11.4 Å². The van der Waals surface area contributed by atoms with E-state index in [1.54, 1.807) is 27.8 Å². The summed E-state index contributed by atoms with van der Waals surface area (Å²) in [6, 6.07) is 4.79. The number of benzene rings is 1. The molecule has 4 heterocycles. The molecule has 1 atom stereocenters. The summed E-state index contributed by atoms with van der Waals surface area (Å²) in [7, 11) is 0. The molecule has 31 heavy (non-hydrogen) atoms. The smallest absolute Gasteiger partial charge is 0.254 e. The number of hydrogen-bond donors (Lipinski definition) is 3. The number of carbonyl (C=O) groups is 1. The van der Waals surface area contributed by atoms with Crippen LogP contribution in [0.5, 0.6) is 0 Å². The van der Waals surface area contributed by atoms with Crippen molar-refractivity contribution in [2.45, 2.75) is 31.5 Å². The standard InChI is InChI=1S/C20H19Cl2N5O4/c21-13-2-1-10(5-14(13)22)19(29)26-4-3-15-12(7-26)17-16-11(18(23)31-25-16)6-20(30,9-28)8-27(17)24-15/h1-2,5,28,30H,3-4,6-9,23H2. The van der Waals surface area contributed by atoms with Crippen LogP contribution in [0.4, 0.5) is 5.88 Å². The summed E-state index contributed by atoms with van der Waals surface area (Å²) >= 11 is 12.1. The molecule has 2 aromatic heterocycles. The van der Waals surface area contributed by atoms with E-state index < -0.39 is 12.2 Å². The molecule has 0 spiro atoms. The maximum Gasteiger partial charge on any atom is 0.254 e. The lowest BCUT2D eigenvalue weighted by atomic mass is 9.95. The zero-order valence-corrected chi connectivity index (χ0v) is 17.8. The lowest BCUT2D eigenvalue weighted by molar-refractivity contribution is -0.0285. The Labute approximate surface area is 186 Å². The summed E-state index contributed by atoms with van der Waals surface area (Å²) in [5, 5.41) is 30.1. The third-order valence-corrected chi connectivity index (χ3v) is 6.58. The van der Waals surface area contributed by atoms with Gasteiger partial charge >= 0.3 is 0 Å². The SMILES string of the molecule is Nc1onc2c1CC(O)(CO)Cn1nc3c(c1-2)CN(C(=O)c1ccc(Cl)c(Cl)c1)CC3. The number of halogens is 2. The monoisotopic (exact) mass is 463 g/mol. The van der Waals surface area contributed by atoms with Crippen molar-refractivity contribution < 1.29 is 19.5 Å². The first-order valence-corrected chi connectivity index (χ1v) is 10.5. The Morgan fingerprint density at radius 2 is 2.10 bits per heavy atom. The van der Waals surface area contributed by atoms with Gasteiger partial charge in [-0.3, -0.25) is 9.48 Å². The highest BCUT2D eigenvalue weighted by Crippen LogP contribution is 2.39. The van der Waals surface area contributed by atoms with E-state index in [0.29, 0.717) is 52.1 Å². The molecule has 1 aromatic carbocycles. The Morgan fingerprint density at radius 1 is 1.29 bits per heavy atom. The van der Waals surface area contributed by atoms with Gasteiger partial charge in [0.2, 0.25) is 5.88 Å². The summed E-state index contributed by atoms with van der Waals surface area (Å²) in [6.07, 6.45) is 0.612. The highest BCUT2D eigenvalue weighted by Gasteiger charge is 2.40. The number of fused-ring (bicyclic) bond motifs is 5. The fourth-order valence-electron chi connectivity index (χ4n) is 4.24. The van der Waals surface area contributed by atoms with Gasteiger partial charge < -0.3 is 25.4 Å². The minimum Gasteiger partial charge on any atom is -0.393 e. The number of nitrogens with two attached hydrogens (primary N) is 1. The van der Waals surface area contributed by atoms with Gasteiger partial charge in [0, 0.05) is 36.1 Å². The Balaban J connectivity index is 1.55. The molecule has 2 aliphatic heterocycles. The van der Waals surface area contributed by atoms with Gasteiger partial charge in [-0.05, 0) is 18.2 Å². The van der Waals surface area contributed by atoms with Gasteiger partial charge in [0.1, 0.15) is 11.3 Å². The lowest BCUT2D eigenvalue weighted by Crippen LogP contribution is -2.40. The summed E-state index contributed by atoms with van der Waals surface area (Å²) in [5.41, 5.74) is 8.19. The zero-order valence-electron chi connectivity index (χ0n) is 16.3. The molecular weight excluding hydrogens is 445 g/mol. The molecule has 0 saturated carbocycles. The van der Waals surface area contributed by atoms with Crippen LogP contribution in [0.15, 0.2) is 22.7 Å². The average Bonchev–Trinajstić information content (AvgIpc) is 3.24. The minimum atomic E-state index is -1.45. The molecule has 4 N–H and O–H groups in total.